The van der Waals surface area contributed by atoms with Crippen molar-refractivity contribution in [2.24, 2.45) is 0 Å². The minimum atomic E-state index is -0.854. The van der Waals surface area contributed by atoms with E-state index >= 15 is 0 Å². The molecule has 116 valence electrons. The first kappa shape index (κ1) is 15.8. The van der Waals surface area contributed by atoms with Gasteiger partial charge in [0.2, 0.25) is 0 Å². The summed E-state index contributed by atoms with van der Waals surface area (Å²) >= 11 is 0. The molecule has 1 aliphatic heterocycles. The molecule has 0 saturated carbocycles. The lowest BCUT2D eigenvalue weighted by Gasteiger charge is -2.44. The maximum atomic E-state index is 11.8. The van der Waals surface area contributed by atoms with E-state index in [-0.39, 0.29) is 11.7 Å². The van der Waals surface area contributed by atoms with Crippen LogP contribution in [0.4, 0.5) is 0 Å². The van der Waals surface area contributed by atoms with Crippen LogP contribution in [0.15, 0.2) is 24.3 Å². The smallest absolute Gasteiger partial charge is 0.325 e. The predicted octanol–water partition coefficient (Wildman–Crippen LogP) is 2.32. The van der Waals surface area contributed by atoms with Crippen molar-refractivity contribution < 1.29 is 19.4 Å². The van der Waals surface area contributed by atoms with Crippen LogP contribution in [0.2, 0.25) is 0 Å². The molecule has 0 aromatic heterocycles. The van der Waals surface area contributed by atoms with Crippen molar-refractivity contribution in [3.63, 3.8) is 0 Å². The van der Waals surface area contributed by atoms with Crippen molar-refractivity contribution >= 4 is 5.97 Å². The first-order chi connectivity index (χ1) is 9.82. The van der Waals surface area contributed by atoms with Gasteiger partial charge in [0.15, 0.2) is 0 Å². The fraction of sp³-hybridized carbons (Fsp3) is 0.562. The van der Waals surface area contributed by atoms with Crippen LogP contribution in [-0.4, -0.2) is 47.9 Å². The number of benzene rings is 1. The van der Waals surface area contributed by atoms with Crippen LogP contribution in [-0.2, 0) is 9.53 Å². The zero-order chi connectivity index (χ0) is 15.6. The number of carbonyl (C=O) groups is 1. The summed E-state index contributed by atoms with van der Waals surface area (Å²) in [5.41, 5.74) is 0.372. The summed E-state index contributed by atoms with van der Waals surface area (Å²) in [5, 5.41) is 9.68. The molecule has 0 amide bonds. The van der Waals surface area contributed by atoms with Crippen molar-refractivity contribution in [2.75, 3.05) is 20.2 Å². The SMILES string of the molecule is COc1cccc(C(C(=O)O)N2CC(C)OC(C)(C)C2)c1. The molecule has 1 aromatic carbocycles. The Balaban J connectivity index is 2.32. The molecule has 5 heteroatoms. The van der Waals surface area contributed by atoms with Crippen LogP contribution >= 0.6 is 0 Å². The molecule has 1 fully saturated rings. The van der Waals surface area contributed by atoms with Crippen molar-refractivity contribution in [2.45, 2.75) is 38.5 Å². The fourth-order valence-electron chi connectivity index (χ4n) is 3.02. The zero-order valence-corrected chi connectivity index (χ0v) is 13.0. The lowest BCUT2D eigenvalue weighted by molar-refractivity contribution is -0.160. The molecule has 0 radical (unpaired) electrons. The van der Waals surface area contributed by atoms with Crippen molar-refractivity contribution in [1.29, 1.82) is 0 Å². The summed E-state index contributed by atoms with van der Waals surface area (Å²) in [6.07, 6.45) is 0.00112. The van der Waals surface area contributed by atoms with E-state index in [4.69, 9.17) is 9.47 Å². The minimum absolute atomic E-state index is 0.00112. The number of nitrogens with zero attached hydrogens (tertiary/aromatic N) is 1. The molecular weight excluding hydrogens is 270 g/mol. The highest BCUT2D eigenvalue weighted by molar-refractivity contribution is 5.75. The minimum Gasteiger partial charge on any atom is -0.497 e. The van der Waals surface area contributed by atoms with E-state index in [0.29, 0.717) is 18.8 Å². The topological polar surface area (TPSA) is 59.0 Å². The van der Waals surface area contributed by atoms with Gasteiger partial charge in [-0.2, -0.15) is 0 Å². The van der Waals surface area contributed by atoms with Gasteiger partial charge in [-0.1, -0.05) is 12.1 Å². The number of hydrogen-bond acceptors (Lipinski definition) is 4. The van der Waals surface area contributed by atoms with Crippen LogP contribution in [0, 0.1) is 0 Å². The number of ether oxygens (including phenoxy) is 2. The van der Waals surface area contributed by atoms with Crippen LogP contribution in [0.25, 0.3) is 0 Å². The quantitative estimate of drug-likeness (QED) is 0.923. The van der Waals surface area contributed by atoms with Crippen LogP contribution in [0.5, 0.6) is 5.75 Å². The first-order valence-corrected chi connectivity index (χ1v) is 7.11. The van der Waals surface area contributed by atoms with Gasteiger partial charge in [0.1, 0.15) is 11.8 Å². The second-order valence-electron chi connectivity index (χ2n) is 6.13. The second kappa shape index (κ2) is 6.03. The number of carboxylic acids is 1. The van der Waals surface area contributed by atoms with E-state index in [1.165, 1.54) is 0 Å². The molecule has 1 N–H and O–H groups in total. The molecule has 2 rings (SSSR count). The zero-order valence-electron chi connectivity index (χ0n) is 13.0. The van der Waals surface area contributed by atoms with Crippen LogP contribution in [0.1, 0.15) is 32.4 Å². The average Bonchev–Trinajstić information content (AvgIpc) is 2.36. The highest BCUT2D eigenvalue weighted by Crippen LogP contribution is 2.30. The van der Waals surface area contributed by atoms with Gasteiger partial charge < -0.3 is 14.6 Å². The van der Waals surface area contributed by atoms with Gasteiger partial charge in [-0.3, -0.25) is 9.69 Å². The highest BCUT2D eigenvalue weighted by Gasteiger charge is 2.38. The summed E-state index contributed by atoms with van der Waals surface area (Å²) in [7, 11) is 1.58. The van der Waals surface area contributed by atoms with Crippen LogP contribution < -0.4 is 4.74 Å². The number of aliphatic carboxylic acids is 1. The number of morpholine rings is 1. The molecular formula is C16H23NO4. The molecule has 2 atom stereocenters. The Morgan fingerprint density at radius 3 is 2.81 bits per heavy atom. The van der Waals surface area contributed by atoms with E-state index in [1.54, 1.807) is 13.2 Å². The molecule has 0 aliphatic carbocycles. The normalized spacial score (nSPS) is 23.5. The summed E-state index contributed by atoms with van der Waals surface area (Å²) in [6.45, 7) is 7.11. The number of rotatable bonds is 4. The van der Waals surface area contributed by atoms with Crippen molar-refractivity contribution in [3.05, 3.63) is 29.8 Å². The number of carboxylic acid groups (broad SMARTS) is 1. The van der Waals surface area contributed by atoms with E-state index < -0.39 is 12.0 Å². The Morgan fingerprint density at radius 1 is 1.52 bits per heavy atom. The van der Waals surface area contributed by atoms with Crippen molar-refractivity contribution in [1.82, 2.24) is 4.90 Å². The summed E-state index contributed by atoms with van der Waals surface area (Å²) in [6, 6.07) is 6.55. The molecule has 2 unspecified atom stereocenters. The van der Waals surface area contributed by atoms with E-state index in [1.807, 2.05) is 43.9 Å². The van der Waals surface area contributed by atoms with Gasteiger partial charge in [0.25, 0.3) is 0 Å². The molecule has 0 bridgehead atoms. The molecule has 0 spiro atoms. The second-order valence-corrected chi connectivity index (χ2v) is 6.13. The third-order valence-corrected chi connectivity index (χ3v) is 3.60. The van der Waals surface area contributed by atoms with Gasteiger partial charge >= 0.3 is 5.97 Å². The average molecular weight is 293 g/mol. The van der Waals surface area contributed by atoms with E-state index in [2.05, 4.69) is 0 Å². The monoisotopic (exact) mass is 293 g/mol. The maximum Gasteiger partial charge on any atom is 0.325 e. The number of methoxy groups -OCH3 is 1. The van der Waals surface area contributed by atoms with Gasteiger partial charge in [0, 0.05) is 13.1 Å². The molecule has 5 nitrogen and oxygen atoms in total. The lowest BCUT2D eigenvalue weighted by Crippen LogP contribution is -2.54. The summed E-state index contributed by atoms with van der Waals surface area (Å²) < 4.78 is 11.1. The fourth-order valence-corrected chi connectivity index (χ4v) is 3.02. The third-order valence-electron chi connectivity index (χ3n) is 3.60. The maximum absolute atomic E-state index is 11.8. The molecule has 1 aromatic rings. The van der Waals surface area contributed by atoms with Crippen molar-refractivity contribution in [3.8, 4) is 5.75 Å². The number of hydrogen-bond donors (Lipinski definition) is 1. The Labute approximate surface area is 125 Å². The lowest BCUT2D eigenvalue weighted by atomic mass is 9.99. The summed E-state index contributed by atoms with van der Waals surface area (Å²) in [5.74, 6) is -0.188. The Hall–Kier alpha value is -1.59. The summed E-state index contributed by atoms with van der Waals surface area (Å²) in [4.78, 5) is 13.8. The molecule has 1 heterocycles. The van der Waals surface area contributed by atoms with Crippen LogP contribution in [0.3, 0.4) is 0 Å². The highest BCUT2D eigenvalue weighted by atomic mass is 16.5. The van der Waals surface area contributed by atoms with E-state index in [0.717, 1.165) is 5.56 Å². The largest absolute Gasteiger partial charge is 0.497 e. The van der Waals surface area contributed by atoms with Gasteiger partial charge in [-0.25, -0.2) is 0 Å². The molecule has 1 aliphatic rings. The first-order valence-electron chi connectivity index (χ1n) is 7.11. The Morgan fingerprint density at radius 2 is 2.24 bits per heavy atom. The van der Waals surface area contributed by atoms with Gasteiger partial charge in [-0.05, 0) is 38.5 Å². The van der Waals surface area contributed by atoms with Gasteiger partial charge in [0.05, 0.1) is 18.8 Å². The Kier molecular flexibility index (Phi) is 4.54. The van der Waals surface area contributed by atoms with Gasteiger partial charge in [-0.15, -0.1) is 0 Å². The molecule has 1 saturated heterocycles. The Bertz CT molecular complexity index is 515. The molecule has 21 heavy (non-hydrogen) atoms. The predicted molar refractivity (Wildman–Crippen MR) is 79.6 cm³/mol. The van der Waals surface area contributed by atoms with E-state index in [9.17, 15) is 9.90 Å². The standard InChI is InChI=1S/C16H23NO4/c1-11-9-17(10-16(2,3)21-11)14(15(18)19)12-6-5-7-13(8-12)20-4/h5-8,11,14H,9-10H2,1-4H3,(H,18,19). The third kappa shape index (κ3) is 3.74.